The van der Waals surface area contributed by atoms with Crippen molar-refractivity contribution in [3.05, 3.63) is 46.9 Å². The van der Waals surface area contributed by atoms with Crippen molar-refractivity contribution in [1.82, 2.24) is 20.2 Å². The first kappa shape index (κ1) is 16.1. The van der Waals surface area contributed by atoms with Crippen molar-refractivity contribution in [2.24, 2.45) is 7.05 Å². The quantitative estimate of drug-likeness (QED) is 0.866. The molecule has 0 aliphatic carbocycles. The van der Waals surface area contributed by atoms with Gasteiger partial charge in [-0.25, -0.2) is 9.78 Å². The van der Waals surface area contributed by atoms with Crippen LogP contribution in [0.1, 0.15) is 18.6 Å². The fraction of sp³-hybridized carbons (Fsp3) is 0.438. The largest absolute Gasteiger partial charge is 0.467 e. The number of anilines is 1. The van der Waals surface area contributed by atoms with Gasteiger partial charge in [0.2, 0.25) is 0 Å². The molecule has 2 N–H and O–H groups in total. The Hall–Kier alpha value is -2.77. The zero-order valence-electron chi connectivity index (χ0n) is 13.6. The third-order valence-electron chi connectivity index (χ3n) is 4.06. The lowest BCUT2D eigenvalue weighted by Gasteiger charge is -2.33. The SMILES string of the molecule is Cn1ccnc(N2CCC[C@H](NC(=O)NCc3ccco3)C2)c1=O. The Morgan fingerprint density at radius 3 is 3.17 bits per heavy atom. The number of aromatic nitrogens is 2. The third-order valence-corrected chi connectivity index (χ3v) is 4.06. The van der Waals surface area contributed by atoms with Crippen LogP contribution in [0.3, 0.4) is 0 Å². The van der Waals surface area contributed by atoms with Crippen molar-refractivity contribution in [3.63, 3.8) is 0 Å². The van der Waals surface area contributed by atoms with E-state index in [0.717, 1.165) is 19.4 Å². The van der Waals surface area contributed by atoms with Crippen LogP contribution in [0.4, 0.5) is 10.6 Å². The Balaban J connectivity index is 1.56. The molecule has 1 atom stereocenters. The van der Waals surface area contributed by atoms with E-state index in [1.807, 2.05) is 4.90 Å². The van der Waals surface area contributed by atoms with Crippen LogP contribution in [0, 0.1) is 0 Å². The van der Waals surface area contributed by atoms with Crippen LogP contribution in [0.5, 0.6) is 0 Å². The van der Waals surface area contributed by atoms with Crippen molar-refractivity contribution in [1.29, 1.82) is 0 Å². The lowest BCUT2D eigenvalue weighted by atomic mass is 10.1. The molecule has 1 aliphatic rings. The predicted molar refractivity (Wildman–Crippen MR) is 88.8 cm³/mol. The molecule has 0 bridgehead atoms. The molecule has 128 valence electrons. The van der Waals surface area contributed by atoms with Gasteiger partial charge in [0.15, 0.2) is 5.82 Å². The summed E-state index contributed by atoms with van der Waals surface area (Å²) in [5.41, 5.74) is -0.125. The van der Waals surface area contributed by atoms with E-state index in [1.165, 1.54) is 4.57 Å². The number of nitrogens with one attached hydrogen (secondary N) is 2. The lowest BCUT2D eigenvalue weighted by molar-refractivity contribution is 0.233. The van der Waals surface area contributed by atoms with Gasteiger partial charge < -0.3 is 24.5 Å². The van der Waals surface area contributed by atoms with Crippen LogP contribution in [-0.4, -0.2) is 34.7 Å². The first-order valence-electron chi connectivity index (χ1n) is 7.97. The van der Waals surface area contributed by atoms with Crippen molar-refractivity contribution in [3.8, 4) is 0 Å². The first-order valence-corrected chi connectivity index (χ1v) is 7.97. The number of amides is 2. The molecule has 8 nitrogen and oxygen atoms in total. The van der Waals surface area contributed by atoms with Gasteiger partial charge in [0.1, 0.15) is 5.76 Å². The molecule has 1 aliphatic heterocycles. The molecular formula is C16H21N5O3. The average Bonchev–Trinajstić information content (AvgIpc) is 3.09. The van der Waals surface area contributed by atoms with Gasteiger partial charge in [-0.15, -0.1) is 0 Å². The van der Waals surface area contributed by atoms with E-state index in [4.69, 9.17) is 4.42 Å². The van der Waals surface area contributed by atoms with E-state index in [1.54, 1.807) is 37.8 Å². The lowest BCUT2D eigenvalue weighted by Crippen LogP contribution is -2.51. The second kappa shape index (κ2) is 7.20. The monoisotopic (exact) mass is 331 g/mol. The first-order chi connectivity index (χ1) is 11.6. The maximum Gasteiger partial charge on any atom is 0.315 e. The molecule has 24 heavy (non-hydrogen) atoms. The zero-order valence-corrected chi connectivity index (χ0v) is 13.6. The molecule has 0 aromatic carbocycles. The molecule has 3 heterocycles. The summed E-state index contributed by atoms with van der Waals surface area (Å²) >= 11 is 0. The summed E-state index contributed by atoms with van der Waals surface area (Å²) in [5.74, 6) is 1.13. The minimum absolute atomic E-state index is 0.0259. The predicted octanol–water partition coefficient (Wildman–Crippen LogP) is 0.841. The van der Waals surface area contributed by atoms with Crippen molar-refractivity contribution in [2.45, 2.75) is 25.4 Å². The van der Waals surface area contributed by atoms with Crippen molar-refractivity contribution >= 4 is 11.8 Å². The number of aryl methyl sites for hydroxylation is 1. The highest BCUT2D eigenvalue weighted by atomic mass is 16.3. The molecule has 8 heteroatoms. The van der Waals surface area contributed by atoms with E-state index in [0.29, 0.717) is 24.7 Å². The van der Waals surface area contributed by atoms with E-state index in [2.05, 4.69) is 15.6 Å². The summed E-state index contributed by atoms with van der Waals surface area (Å²) in [5, 5.41) is 5.71. The van der Waals surface area contributed by atoms with Gasteiger partial charge in [-0.3, -0.25) is 4.79 Å². The Labute approximate surface area is 139 Å². The Morgan fingerprint density at radius 1 is 1.50 bits per heavy atom. The number of hydrogen-bond acceptors (Lipinski definition) is 5. The Bertz CT molecular complexity index is 740. The third kappa shape index (κ3) is 3.76. The molecule has 0 saturated carbocycles. The summed E-state index contributed by atoms with van der Waals surface area (Å²) in [4.78, 5) is 30.3. The van der Waals surface area contributed by atoms with Crippen LogP contribution in [-0.2, 0) is 13.6 Å². The van der Waals surface area contributed by atoms with Crippen LogP contribution in [0.25, 0.3) is 0 Å². The van der Waals surface area contributed by atoms with Crippen molar-refractivity contribution in [2.75, 3.05) is 18.0 Å². The van der Waals surface area contributed by atoms with E-state index >= 15 is 0 Å². The number of rotatable bonds is 4. The van der Waals surface area contributed by atoms with E-state index in [-0.39, 0.29) is 17.6 Å². The minimum atomic E-state index is -0.243. The number of urea groups is 1. The summed E-state index contributed by atoms with van der Waals surface area (Å²) in [6.45, 7) is 1.68. The standard InChI is InChI=1S/C16H21N5O3/c1-20-8-6-17-14(15(20)22)21-7-2-4-12(11-21)19-16(23)18-10-13-5-3-9-24-13/h3,5-6,8-9,12H,2,4,7,10-11H2,1H3,(H2,18,19,23)/t12-/m0/s1. The van der Waals surface area contributed by atoms with Gasteiger partial charge in [-0.1, -0.05) is 0 Å². The fourth-order valence-corrected chi connectivity index (χ4v) is 2.81. The van der Waals surface area contributed by atoms with Gasteiger partial charge in [0, 0.05) is 38.6 Å². The number of hydrogen-bond donors (Lipinski definition) is 2. The highest BCUT2D eigenvalue weighted by molar-refractivity contribution is 5.74. The van der Waals surface area contributed by atoms with Crippen molar-refractivity contribution < 1.29 is 9.21 Å². The summed E-state index contributed by atoms with van der Waals surface area (Å²) in [6, 6.07) is 3.31. The van der Waals surface area contributed by atoms with Crippen LogP contribution >= 0.6 is 0 Å². The van der Waals surface area contributed by atoms with Gasteiger partial charge in [0.25, 0.3) is 5.56 Å². The average molecular weight is 331 g/mol. The van der Waals surface area contributed by atoms with Crippen LogP contribution in [0.15, 0.2) is 40.0 Å². The highest BCUT2D eigenvalue weighted by Crippen LogP contribution is 2.14. The number of furan rings is 1. The molecule has 2 aromatic heterocycles. The summed E-state index contributed by atoms with van der Waals surface area (Å²) in [6.07, 6.45) is 6.58. The van der Waals surface area contributed by atoms with E-state index < -0.39 is 0 Å². The normalized spacial score (nSPS) is 17.5. The maximum atomic E-state index is 12.2. The smallest absolute Gasteiger partial charge is 0.315 e. The molecule has 1 fully saturated rings. The number of piperidine rings is 1. The van der Waals surface area contributed by atoms with Crippen LogP contribution in [0.2, 0.25) is 0 Å². The molecule has 3 rings (SSSR count). The number of carbonyl (C=O) groups excluding carboxylic acids is 1. The fourth-order valence-electron chi connectivity index (χ4n) is 2.81. The van der Waals surface area contributed by atoms with E-state index in [9.17, 15) is 9.59 Å². The second-order valence-electron chi connectivity index (χ2n) is 5.86. The molecule has 0 spiro atoms. The second-order valence-corrected chi connectivity index (χ2v) is 5.86. The minimum Gasteiger partial charge on any atom is -0.467 e. The molecular weight excluding hydrogens is 310 g/mol. The van der Waals surface area contributed by atoms with Gasteiger partial charge >= 0.3 is 6.03 Å². The molecule has 0 unspecified atom stereocenters. The van der Waals surface area contributed by atoms with Crippen LogP contribution < -0.4 is 21.1 Å². The molecule has 0 radical (unpaired) electrons. The number of nitrogens with zero attached hydrogens (tertiary/aromatic N) is 3. The Kier molecular flexibility index (Phi) is 4.83. The Morgan fingerprint density at radius 2 is 2.38 bits per heavy atom. The summed E-state index contributed by atoms with van der Waals surface area (Å²) in [7, 11) is 1.70. The highest BCUT2D eigenvalue weighted by Gasteiger charge is 2.24. The van der Waals surface area contributed by atoms with Gasteiger partial charge in [-0.05, 0) is 25.0 Å². The molecule has 2 aromatic rings. The number of carbonyl (C=O) groups is 1. The molecule has 2 amide bonds. The topological polar surface area (TPSA) is 92.4 Å². The molecule has 1 saturated heterocycles. The van der Waals surface area contributed by atoms with Gasteiger partial charge in [0.05, 0.1) is 12.8 Å². The summed E-state index contributed by atoms with van der Waals surface area (Å²) < 4.78 is 6.69. The maximum absolute atomic E-state index is 12.2. The zero-order chi connectivity index (χ0) is 16.9. The van der Waals surface area contributed by atoms with Gasteiger partial charge in [-0.2, -0.15) is 0 Å².